The van der Waals surface area contributed by atoms with Crippen LogP contribution < -0.4 is 10.2 Å². The average Bonchev–Trinajstić information content (AvgIpc) is 2.68. The van der Waals surface area contributed by atoms with Crippen molar-refractivity contribution < 1.29 is 14.3 Å². The lowest BCUT2D eigenvalue weighted by molar-refractivity contribution is 0.0734. The second-order valence-corrected chi connectivity index (χ2v) is 7.55. The van der Waals surface area contributed by atoms with Crippen molar-refractivity contribution in [2.24, 2.45) is 5.10 Å². The number of esters is 1. The quantitative estimate of drug-likeness (QED) is 0.214. The molecule has 0 aromatic heterocycles. The van der Waals surface area contributed by atoms with E-state index in [1.54, 1.807) is 48.5 Å². The summed E-state index contributed by atoms with van der Waals surface area (Å²) < 4.78 is 6.15. The first-order chi connectivity index (χ1) is 13.9. The van der Waals surface area contributed by atoms with Crippen molar-refractivity contribution in [1.82, 2.24) is 5.43 Å². The Hall–Kier alpha value is -2.67. The van der Waals surface area contributed by atoms with E-state index in [1.807, 2.05) is 6.07 Å². The Morgan fingerprint density at radius 2 is 1.79 bits per heavy atom. The van der Waals surface area contributed by atoms with Crippen molar-refractivity contribution in [3.63, 3.8) is 0 Å². The van der Waals surface area contributed by atoms with E-state index in [0.29, 0.717) is 21.9 Å². The van der Waals surface area contributed by atoms with E-state index in [-0.39, 0.29) is 16.5 Å². The van der Waals surface area contributed by atoms with Gasteiger partial charge in [-0.15, -0.1) is 0 Å². The van der Waals surface area contributed by atoms with Gasteiger partial charge in [-0.3, -0.25) is 4.79 Å². The summed E-state index contributed by atoms with van der Waals surface area (Å²) in [6.07, 6.45) is 1.45. The largest absolute Gasteiger partial charge is 0.423 e. The summed E-state index contributed by atoms with van der Waals surface area (Å²) >= 11 is 15.2. The minimum Gasteiger partial charge on any atom is -0.423 e. The number of halogens is 3. The van der Waals surface area contributed by atoms with E-state index in [4.69, 9.17) is 27.9 Å². The highest BCUT2D eigenvalue weighted by Crippen LogP contribution is 2.23. The zero-order chi connectivity index (χ0) is 20.8. The molecule has 0 heterocycles. The molecule has 1 amide bonds. The van der Waals surface area contributed by atoms with Gasteiger partial charge >= 0.3 is 5.97 Å². The molecular formula is C21H13BrCl2N2O3. The van der Waals surface area contributed by atoms with Crippen LogP contribution in [0.2, 0.25) is 10.0 Å². The van der Waals surface area contributed by atoms with Crippen molar-refractivity contribution in [1.29, 1.82) is 0 Å². The van der Waals surface area contributed by atoms with Gasteiger partial charge in [0.05, 0.1) is 16.8 Å². The third-order valence-electron chi connectivity index (χ3n) is 3.69. The van der Waals surface area contributed by atoms with Crippen LogP contribution in [0.3, 0.4) is 0 Å². The van der Waals surface area contributed by atoms with Gasteiger partial charge in [-0.25, -0.2) is 10.2 Å². The number of hydrazone groups is 1. The molecule has 8 heteroatoms. The molecule has 29 heavy (non-hydrogen) atoms. The first-order valence-electron chi connectivity index (χ1n) is 8.28. The Morgan fingerprint density at radius 3 is 2.55 bits per heavy atom. The lowest BCUT2D eigenvalue weighted by Gasteiger charge is -2.07. The molecule has 0 aliphatic rings. The van der Waals surface area contributed by atoms with E-state index in [9.17, 15) is 9.59 Å². The maximum Gasteiger partial charge on any atom is 0.345 e. The maximum atomic E-state index is 12.3. The monoisotopic (exact) mass is 490 g/mol. The number of ether oxygens (including phenoxy) is 1. The molecule has 0 radical (unpaired) electrons. The Balaban J connectivity index is 1.65. The Kier molecular flexibility index (Phi) is 7.04. The molecule has 0 saturated carbocycles. The van der Waals surface area contributed by atoms with Crippen LogP contribution >= 0.6 is 39.1 Å². The Bertz CT molecular complexity index is 1100. The molecule has 0 atom stereocenters. The lowest BCUT2D eigenvalue weighted by Crippen LogP contribution is -2.17. The number of hydrogen-bond acceptors (Lipinski definition) is 4. The van der Waals surface area contributed by atoms with Crippen LogP contribution in [0.25, 0.3) is 0 Å². The Labute approximate surface area is 185 Å². The molecule has 3 aromatic rings. The zero-order valence-corrected chi connectivity index (χ0v) is 17.8. The van der Waals surface area contributed by atoms with Crippen LogP contribution in [-0.4, -0.2) is 18.1 Å². The van der Waals surface area contributed by atoms with Gasteiger partial charge in [-0.1, -0.05) is 57.3 Å². The van der Waals surface area contributed by atoms with Crippen LogP contribution in [0.5, 0.6) is 5.75 Å². The molecule has 3 aromatic carbocycles. The summed E-state index contributed by atoms with van der Waals surface area (Å²) in [5, 5.41) is 4.56. The fourth-order valence-electron chi connectivity index (χ4n) is 2.34. The first kappa shape index (κ1) is 21.0. The lowest BCUT2D eigenvalue weighted by atomic mass is 10.2. The average molecular weight is 492 g/mol. The second kappa shape index (κ2) is 9.69. The van der Waals surface area contributed by atoms with Crippen molar-refractivity contribution in [3.8, 4) is 5.75 Å². The van der Waals surface area contributed by atoms with Crippen LogP contribution in [0.15, 0.2) is 76.3 Å². The number of benzene rings is 3. The van der Waals surface area contributed by atoms with Gasteiger partial charge in [-0.2, -0.15) is 5.10 Å². The highest BCUT2D eigenvalue weighted by molar-refractivity contribution is 9.10. The van der Waals surface area contributed by atoms with Gasteiger partial charge < -0.3 is 4.74 Å². The SMILES string of the molecule is O=C(N/N=C/c1cccc(OC(=O)c2ccc(Cl)cc2Cl)c1)c1cccc(Br)c1. The van der Waals surface area contributed by atoms with Crippen molar-refractivity contribution in [2.45, 2.75) is 0 Å². The molecule has 0 unspecified atom stereocenters. The maximum absolute atomic E-state index is 12.3. The van der Waals surface area contributed by atoms with Gasteiger partial charge in [0.25, 0.3) is 5.91 Å². The van der Waals surface area contributed by atoms with E-state index < -0.39 is 5.97 Å². The normalized spacial score (nSPS) is 10.7. The van der Waals surface area contributed by atoms with Gasteiger partial charge in [0.15, 0.2) is 0 Å². The van der Waals surface area contributed by atoms with Crippen LogP contribution in [0.4, 0.5) is 0 Å². The van der Waals surface area contributed by atoms with E-state index in [1.165, 1.54) is 18.3 Å². The van der Waals surface area contributed by atoms with Crippen LogP contribution in [0, 0.1) is 0 Å². The molecule has 0 bridgehead atoms. The predicted octanol–water partition coefficient (Wildman–Crippen LogP) is 5.74. The third kappa shape index (κ3) is 5.90. The predicted molar refractivity (Wildman–Crippen MR) is 117 cm³/mol. The zero-order valence-electron chi connectivity index (χ0n) is 14.7. The molecule has 0 aliphatic heterocycles. The standard InChI is InChI=1S/C21H13BrCl2N2O3/c22-15-5-2-4-14(10-15)20(27)26-25-12-13-3-1-6-17(9-13)29-21(28)18-8-7-16(23)11-19(18)24/h1-12H,(H,26,27)/b25-12+. The molecular weight excluding hydrogens is 479 g/mol. The van der Waals surface area contributed by atoms with E-state index in [0.717, 1.165) is 4.47 Å². The minimum atomic E-state index is -0.608. The fourth-order valence-corrected chi connectivity index (χ4v) is 3.22. The molecule has 0 spiro atoms. The summed E-state index contributed by atoms with van der Waals surface area (Å²) in [5.74, 6) is -0.644. The first-order valence-corrected chi connectivity index (χ1v) is 9.83. The molecule has 1 N–H and O–H groups in total. The smallest absolute Gasteiger partial charge is 0.345 e. The van der Waals surface area contributed by atoms with Crippen molar-refractivity contribution in [3.05, 3.63) is 97.9 Å². The second-order valence-electron chi connectivity index (χ2n) is 5.80. The van der Waals surface area contributed by atoms with E-state index >= 15 is 0 Å². The molecule has 0 aliphatic carbocycles. The summed E-state index contributed by atoms with van der Waals surface area (Å²) in [7, 11) is 0. The van der Waals surface area contributed by atoms with Crippen molar-refractivity contribution >= 4 is 57.2 Å². The van der Waals surface area contributed by atoms with Crippen molar-refractivity contribution in [2.75, 3.05) is 0 Å². The highest BCUT2D eigenvalue weighted by atomic mass is 79.9. The molecule has 146 valence electrons. The number of amides is 1. The summed E-state index contributed by atoms with van der Waals surface area (Å²) in [6.45, 7) is 0. The number of nitrogens with one attached hydrogen (secondary N) is 1. The van der Waals surface area contributed by atoms with Gasteiger partial charge in [0.2, 0.25) is 0 Å². The Morgan fingerprint density at radius 1 is 1.00 bits per heavy atom. The van der Waals surface area contributed by atoms with Crippen LogP contribution in [-0.2, 0) is 0 Å². The van der Waals surface area contributed by atoms with Crippen LogP contribution in [0.1, 0.15) is 26.3 Å². The minimum absolute atomic E-state index is 0.204. The topological polar surface area (TPSA) is 67.8 Å². The molecule has 5 nitrogen and oxygen atoms in total. The summed E-state index contributed by atoms with van der Waals surface area (Å²) in [4.78, 5) is 24.4. The fraction of sp³-hybridized carbons (Fsp3) is 0. The summed E-state index contributed by atoms with van der Waals surface area (Å²) in [6, 6.07) is 18.1. The molecule has 3 rings (SSSR count). The van der Waals surface area contributed by atoms with Gasteiger partial charge in [0.1, 0.15) is 5.75 Å². The number of carbonyl (C=O) groups excluding carboxylic acids is 2. The van der Waals surface area contributed by atoms with E-state index in [2.05, 4.69) is 26.5 Å². The molecule has 0 saturated heterocycles. The van der Waals surface area contributed by atoms with Gasteiger partial charge in [-0.05, 0) is 54.1 Å². The number of carbonyl (C=O) groups is 2. The highest BCUT2D eigenvalue weighted by Gasteiger charge is 2.13. The third-order valence-corrected chi connectivity index (χ3v) is 4.73. The summed E-state index contributed by atoms with van der Waals surface area (Å²) in [5.41, 5.74) is 3.75. The number of nitrogens with zero attached hydrogens (tertiary/aromatic N) is 1. The molecule has 0 fully saturated rings. The van der Waals surface area contributed by atoms with Gasteiger partial charge in [0, 0.05) is 15.1 Å². The number of rotatable bonds is 5. The number of hydrogen-bond donors (Lipinski definition) is 1.